The summed E-state index contributed by atoms with van der Waals surface area (Å²) in [5.41, 5.74) is -4.37. The summed E-state index contributed by atoms with van der Waals surface area (Å²) in [6.45, 7) is 0. The Labute approximate surface area is 146 Å². The maximum absolute atomic E-state index is 13.5. The van der Waals surface area contributed by atoms with E-state index in [4.69, 9.17) is 0 Å². The van der Waals surface area contributed by atoms with Gasteiger partial charge in [0.15, 0.2) is 0 Å². The highest BCUT2D eigenvalue weighted by molar-refractivity contribution is 6.08. The van der Waals surface area contributed by atoms with Gasteiger partial charge in [0, 0.05) is 11.8 Å². The summed E-state index contributed by atoms with van der Waals surface area (Å²) >= 11 is 0. The number of carbonyl (C=O) groups excluding carboxylic acids is 2. The number of carbonyl (C=O) groups is 2. The van der Waals surface area contributed by atoms with Gasteiger partial charge in [0.05, 0.1) is 4.92 Å². The minimum Gasteiger partial charge on any atom is -0.307 e. The van der Waals surface area contributed by atoms with E-state index in [0.29, 0.717) is 18.2 Å². The Kier molecular flexibility index (Phi) is 5.38. The Hall–Kier alpha value is -3.57. The third kappa shape index (κ3) is 4.54. The Morgan fingerprint density at radius 1 is 1.04 bits per heavy atom. The number of anilines is 1. The zero-order valence-corrected chi connectivity index (χ0v) is 12.9. The minimum atomic E-state index is -5.00. The molecule has 0 heterocycles. The minimum absolute atomic E-state index is 0.367. The van der Waals surface area contributed by atoms with Crippen LogP contribution in [0.5, 0.6) is 0 Å². The number of rotatable bonds is 3. The number of nitro benzene ring substituents is 1. The van der Waals surface area contributed by atoms with Crippen molar-refractivity contribution in [2.75, 3.05) is 5.32 Å². The number of imide groups is 1. The fourth-order valence-corrected chi connectivity index (χ4v) is 2.04. The van der Waals surface area contributed by atoms with Crippen molar-refractivity contribution in [2.45, 2.75) is 6.18 Å². The van der Waals surface area contributed by atoms with Crippen LogP contribution in [-0.2, 0) is 6.18 Å². The summed E-state index contributed by atoms with van der Waals surface area (Å²) in [7, 11) is 0. The average molecular weight is 389 g/mol. The fourth-order valence-electron chi connectivity index (χ4n) is 2.04. The number of benzene rings is 2. The summed E-state index contributed by atoms with van der Waals surface area (Å²) in [6.07, 6.45) is -5.00. The van der Waals surface area contributed by atoms with Crippen LogP contribution in [-0.4, -0.2) is 16.9 Å². The highest BCUT2D eigenvalue weighted by atomic mass is 19.4. The number of nitrogens with zero attached hydrogens (tertiary/aromatic N) is 1. The van der Waals surface area contributed by atoms with Gasteiger partial charge in [-0.25, -0.2) is 13.6 Å². The summed E-state index contributed by atoms with van der Waals surface area (Å²) in [5, 5.41) is 14.2. The lowest BCUT2D eigenvalue weighted by atomic mass is 10.1. The molecule has 12 heteroatoms. The summed E-state index contributed by atoms with van der Waals surface area (Å²) < 4.78 is 65.1. The summed E-state index contributed by atoms with van der Waals surface area (Å²) in [5.74, 6) is -3.94. The Balaban J connectivity index is 2.20. The fraction of sp³-hybridized carbons (Fsp3) is 0.0667. The quantitative estimate of drug-likeness (QED) is 0.473. The second-order valence-corrected chi connectivity index (χ2v) is 4.99. The van der Waals surface area contributed by atoms with Gasteiger partial charge in [-0.3, -0.25) is 20.2 Å². The van der Waals surface area contributed by atoms with Crippen LogP contribution in [0.4, 0.5) is 38.1 Å². The topological polar surface area (TPSA) is 101 Å². The lowest BCUT2D eigenvalue weighted by molar-refractivity contribution is -0.388. The highest BCUT2D eigenvalue weighted by Gasteiger charge is 2.38. The smallest absolute Gasteiger partial charge is 0.307 e. The van der Waals surface area contributed by atoms with E-state index in [1.807, 2.05) is 5.32 Å². The van der Waals surface area contributed by atoms with Crippen LogP contribution >= 0.6 is 0 Å². The van der Waals surface area contributed by atoms with Crippen LogP contribution in [0.2, 0.25) is 0 Å². The van der Waals surface area contributed by atoms with E-state index in [2.05, 4.69) is 0 Å². The maximum Gasteiger partial charge on any atom is 0.423 e. The lowest BCUT2D eigenvalue weighted by Gasteiger charge is -2.10. The number of hydrogen-bond acceptors (Lipinski definition) is 4. The Bertz CT molecular complexity index is 910. The molecule has 0 saturated heterocycles. The van der Waals surface area contributed by atoms with E-state index in [0.717, 1.165) is 18.2 Å². The van der Waals surface area contributed by atoms with Crippen molar-refractivity contribution in [3.63, 3.8) is 0 Å². The summed E-state index contributed by atoms with van der Waals surface area (Å²) in [6, 6.07) is 2.68. The predicted octanol–water partition coefficient (Wildman–Crippen LogP) is 3.85. The lowest BCUT2D eigenvalue weighted by Crippen LogP contribution is -2.35. The van der Waals surface area contributed by atoms with E-state index >= 15 is 0 Å². The molecular formula is C15H8F5N3O4. The molecule has 7 nitrogen and oxygen atoms in total. The number of hydrogen-bond donors (Lipinski definition) is 2. The zero-order chi connectivity index (χ0) is 20.4. The monoisotopic (exact) mass is 389 g/mol. The molecule has 2 N–H and O–H groups in total. The molecule has 0 aliphatic heterocycles. The van der Waals surface area contributed by atoms with Crippen molar-refractivity contribution >= 4 is 23.3 Å². The number of urea groups is 1. The highest BCUT2D eigenvalue weighted by Crippen LogP contribution is 2.37. The largest absolute Gasteiger partial charge is 0.423 e. The number of nitrogens with one attached hydrogen (secondary N) is 2. The van der Waals surface area contributed by atoms with Crippen LogP contribution in [0.25, 0.3) is 0 Å². The molecule has 0 saturated carbocycles. The molecule has 0 aliphatic carbocycles. The molecule has 142 valence electrons. The molecule has 27 heavy (non-hydrogen) atoms. The average Bonchev–Trinajstić information content (AvgIpc) is 2.53. The van der Waals surface area contributed by atoms with Gasteiger partial charge in [0.2, 0.25) is 0 Å². The molecule has 0 atom stereocenters. The molecule has 0 radical (unpaired) electrons. The second kappa shape index (κ2) is 7.35. The van der Waals surface area contributed by atoms with Gasteiger partial charge in [0.25, 0.3) is 11.6 Å². The van der Waals surface area contributed by atoms with Crippen molar-refractivity contribution in [1.29, 1.82) is 0 Å². The Morgan fingerprint density at radius 2 is 1.63 bits per heavy atom. The molecule has 0 aliphatic rings. The van der Waals surface area contributed by atoms with E-state index in [1.54, 1.807) is 5.32 Å². The molecule has 2 rings (SSSR count). The molecular weight excluding hydrogens is 381 g/mol. The van der Waals surface area contributed by atoms with Gasteiger partial charge >= 0.3 is 12.2 Å². The molecule has 0 aromatic heterocycles. The molecule has 0 unspecified atom stereocenters. The van der Waals surface area contributed by atoms with Crippen LogP contribution in [0, 0.1) is 21.7 Å². The van der Waals surface area contributed by atoms with Gasteiger partial charge in [0.1, 0.15) is 22.8 Å². The van der Waals surface area contributed by atoms with Crippen molar-refractivity contribution in [3.05, 3.63) is 69.3 Å². The van der Waals surface area contributed by atoms with E-state index in [-0.39, 0.29) is 0 Å². The Morgan fingerprint density at radius 3 is 2.15 bits per heavy atom. The van der Waals surface area contributed by atoms with Gasteiger partial charge in [-0.2, -0.15) is 13.2 Å². The van der Waals surface area contributed by atoms with E-state index in [1.165, 1.54) is 0 Å². The number of alkyl halides is 3. The van der Waals surface area contributed by atoms with Gasteiger partial charge in [-0.05, 0) is 24.3 Å². The number of amides is 3. The first kappa shape index (κ1) is 19.8. The molecule has 0 fully saturated rings. The van der Waals surface area contributed by atoms with Gasteiger partial charge in [-0.1, -0.05) is 6.07 Å². The molecule has 3 amide bonds. The van der Waals surface area contributed by atoms with Crippen LogP contribution in [0.3, 0.4) is 0 Å². The standard InChI is InChI=1S/C15H8F5N3O4/c16-9-2-1-3-10(17)12(9)13(24)22-14(25)21-7-4-5-8(15(18,19)20)11(6-7)23(26)27/h1-6H,(H2,21,22,24,25). The molecule has 2 aromatic carbocycles. The van der Waals surface area contributed by atoms with E-state index in [9.17, 15) is 41.7 Å². The number of halogens is 5. The van der Waals surface area contributed by atoms with Gasteiger partial charge in [-0.15, -0.1) is 0 Å². The maximum atomic E-state index is 13.5. The molecule has 2 aromatic rings. The van der Waals surface area contributed by atoms with E-state index < -0.39 is 57.2 Å². The normalized spacial score (nSPS) is 11.0. The van der Waals surface area contributed by atoms with Crippen molar-refractivity contribution in [3.8, 4) is 0 Å². The predicted molar refractivity (Wildman–Crippen MR) is 80.9 cm³/mol. The first-order valence-corrected chi connectivity index (χ1v) is 6.92. The van der Waals surface area contributed by atoms with Crippen molar-refractivity contribution in [1.82, 2.24) is 5.32 Å². The van der Waals surface area contributed by atoms with Gasteiger partial charge < -0.3 is 5.32 Å². The van der Waals surface area contributed by atoms with Crippen LogP contribution in [0.15, 0.2) is 36.4 Å². The first-order chi connectivity index (χ1) is 12.5. The molecule has 0 bridgehead atoms. The third-order valence-electron chi connectivity index (χ3n) is 3.17. The zero-order valence-electron chi connectivity index (χ0n) is 12.9. The van der Waals surface area contributed by atoms with Crippen molar-refractivity contribution < 1.29 is 36.5 Å². The first-order valence-electron chi connectivity index (χ1n) is 6.92. The van der Waals surface area contributed by atoms with Crippen LogP contribution < -0.4 is 10.6 Å². The SMILES string of the molecule is O=C(NC(=O)c1c(F)cccc1F)Nc1ccc(C(F)(F)F)c([N+](=O)[O-])c1. The molecule has 0 spiro atoms. The second-order valence-electron chi connectivity index (χ2n) is 4.99. The van der Waals surface area contributed by atoms with Crippen LogP contribution in [0.1, 0.15) is 15.9 Å². The summed E-state index contributed by atoms with van der Waals surface area (Å²) in [4.78, 5) is 32.9. The third-order valence-corrected chi connectivity index (χ3v) is 3.17. The van der Waals surface area contributed by atoms with Crippen molar-refractivity contribution in [2.24, 2.45) is 0 Å². The number of nitro groups is 1.